The molecule has 0 bridgehead atoms. The topological polar surface area (TPSA) is 157 Å². The van der Waals surface area contributed by atoms with Gasteiger partial charge in [0.25, 0.3) is 0 Å². The van der Waals surface area contributed by atoms with Gasteiger partial charge in [-0.15, -0.1) is 0 Å². The van der Waals surface area contributed by atoms with Crippen LogP contribution >= 0.6 is 0 Å². The zero-order valence-corrected chi connectivity index (χ0v) is 36.4. The van der Waals surface area contributed by atoms with Gasteiger partial charge in [-0.05, 0) is 25.2 Å². The van der Waals surface area contributed by atoms with Crippen molar-refractivity contribution in [1.82, 2.24) is 0 Å². The van der Waals surface area contributed by atoms with Crippen LogP contribution in [-0.2, 0) is 14.3 Å². The number of aliphatic hydroxyl groups excluding tert-OH is 6. The van der Waals surface area contributed by atoms with E-state index in [1.807, 2.05) is 6.08 Å². The normalized spacial score (nSPS) is 22.4. The number of ether oxygens (including phenoxy) is 2. The van der Waals surface area contributed by atoms with Crippen LogP contribution in [0, 0.1) is 11.8 Å². The lowest BCUT2D eigenvalue weighted by atomic mass is 9.91. The molecule has 0 amide bonds. The number of ketones is 1. The summed E-state index contributed by atoms with van der Waals surface area (Å²) in [7, 11) is 0. The van der Waals surface area contributed by atoms with Gasteiger partial charge in [0.1, 0.15) is 30.5 Å². The van der Waals surface area contributed by atoms with Crippen LogP contribution in [0.15, 0.2) is 12.2 Å². The van der Waals surface area contributed by atoms with E-state index in [0.717, 1.165) is 44.4 Å². The van der Waals surface area contributed by atoms with E-state index >= 15 is 0 Å². The van der Waals surface area contributed by atoms with Crippen LogP contribution in [0.25, 0.3) is 0 Å². The summed E-state index contributed by atoms with van der Waals surface area (Å²) >= 11 is 0. The predicted molar refractivity (Wildman–Crippen MR) is 228 cm³/mol. The summed E-state index contributed by atoms with van der Waals surface area (Å²) in [4.78, 5) is 13.5. The summed E-state index contributed by atoms with van der Waals surface area (Å²) in [5, 5.41) is 62.2. The van der Waals surface area contributed by atoms with Gasteiger partial charge in [-0.3, -0.25) is 4.79 Å². The SMILES string of the molecule is CCCCCCCCCCCCCCCCCCCCCC[C@@H](O)C(=O)[C@@H](CO[C@@H]1O[C@H](CO)[C@H](O)[C@H](O)[C@H]1O)[C@H](O)/C=C/CCCCCCCCC(C)CC. The maximum absolute atomic E-state index is 13.5. The third-order valence-corrected chi connectivity index (χ3v) is 12.1. The lowest BCUT2D eigenvalue weighted by molar-refractivity contribution is -0.303. The third-order valence-electron chi connectivity index (χ3n) is 12.1. The fourth-order valence-electron chi connectivity index (χ4n) is 7.77. The molecule has 0 aromatic rings. The molecule has 0 spiro atoms. The molecule has 1 rings (SSSR count). The van der Waals surface area contributed by atoms with Crippen molar-refractivity contribution in [3.05, 3.63) is 12.2 Å². The van der Waals surface area contributed by atoms with Gasteiger partial charge in [0.05, 0.1) is 25.2 Å². The molecule has 0 aliphatic carbocycles. The minimum Gasteiger partial charge on any atom is -0.394 e. The van der Waals surface area contributed by atoms with Gasteiger partial charge in [0.2, 0.25) is 0 Å². The number of allylic oxidation sites excluding steroid dienone is 1. The molecule has 6 N–H and O–H groups in total. The number of carbonyl (C=O) groups is 1. The molecule has 9 atom stereocenters. The Morgan fingerprint density at radius 1 is 0.625 bits per heavy atom. The van der Waals surface area contributed by atoms with Crippen LogP contribution < -0.4 is 0 Å². The molecule has 1 saturated heterocycles. The van der Waals surface area contributed by atoms with Crippen molar-refractivity contribution < 1.29 is 44.9 Å². The van der Waals surface area contributed by atoms with Crippen molar-refractivity contribution in [2.45, 2.75) is 256 Å². The molecule has 9 nitrogen and oxygen atoms in total. The van der Waals surface area contributed by atoms with Gasteiger partial charge in [-0.1, -0.05) is 206 Å². The quantitative estimate of drug-likeness (QED) is 0.0263. The first-order chi connectivity index (χ1) is 27.2. The predicted octanol–water partition coefficient (Wildman–Crippen LogP) is 9.65. The highest BCUT2D eigenvalue weighted by Crippen LogP contribution is 2.24. The van der Waals surface area contributed by atoms with Crippen LogP contribution in [0.2, 0.25) is 0 Å². The van der Waals surface area contributed by atoms with Crippen molar-refractivity contribution in [2.24, 2.45) is 11.8 Å². The maximum Gasteiger partial charge on any atom is 0.186 e. The molecule has 1 unspecified atom stereocenters. The van der Waals surface area contributed by atoms with Gasteiger partial charge in [0.15, 0.2) is 12.1 Å². The molecule has 9 heteroatoms. The first kappa shape index (κ1) is 53.1. The monoisotopic (exact) mass is 799 g/mol. The van der Waals surface area contributed by atoms with Gasteiger partial charge in [-0.25, -0.2) is 0 Å². The smallest absolute Gasteiger partial charge is 0.186 e. The standard InChI is InChI=1S/C47H90O9/c1-4-6-7-8-9-10-11-12-13-14-15-16-17-18-19-20-21-26-29-32-35-41(50)43(51)39(37-55-47-46(54)45(53)44(52)42(36-48)56-47)40(49)34-31-28-25-23-22-24-27-30-33-38(3)5-2/h31,34,38-42,44-50,52-54H,4-30,32-33,35-37H2,1-3H3/b34-31+/t38?,39-,40+,41+,42+,44-,45-,46+,47+/m0/s1. The molecule has 1 aliphatic heterocycles. The summed E-state index contributed by atoms with van der Waals surface area (Å²) in [5.74, 6) is -0.861. The van der Waals surface area contributed by atoms with Gasteiger partial charge in [0, 0.05) is 0 Å². The Morgan fingerprint density at radius 3 is 1.54 bits per heavy atom. The van der Waals surface area contributed by atoms with E-state index < -0.39 is 61.2 Å². The number of unbranched alkanes of at least 4 members (excludes halogenated alkanes) is 25. The lowest BCUT2D eigenvalue weighted by Gasteiger charge is -2.40. The molecule has 0 aromatic heterocycles. The van der Waals surface area contributed by atoms with Crippen molar-refractivity contribution >= 4 is 5.78 Å². The Labute approximate surface area is 343 Å². The minimum absolute atomic E-state index is 0.294. The average Bonchev–Trinajstić information content (AvgIpc) is 3.20. The highest BCUT2D eigenvalue weighted by atomic mass is 16.7. The van der Waals surface area contributed by atoms with Crippen molar-refractivity contribution in [1.29, 1.82) is 0 Å². The Kier molecular flexibility index (Phi) is 34.1. The fraction of sp³-hybridized carbons (Fsp3) is 0.936. The van der Waals surface area contributed by atoms with Gasteiger partial charge >= 0.3 is 0 Å². The summed E-state index contributed by atoms with van der Waals surface area (Å²) in [6, 6.07) is 0. The van der Waals surface area contributed by atoms with Crippen LogP contribution in [-0.4, -0.2) is 92.5 Å². The number of carbonyl (C=O) groups excluding carboxylic acids is 1. The van der Waals surface area contributed by atoms with Crippen molar-refractivity contribution in [2.75, 3.05) is 13.2 Å². The summed E-state index contributed by atoms with van der Waals surface area (Å²) < 4.78 is 11.1. The van der Waals surface area contributed by atoms with E-state index in [2.05, 4.69) is 20.8 Å². The summed E-state index contributed by atoms with van der Waals surface area (Å²) in [5.41, 5.74) is 0. The number of rotatable bonds is 39. The molecule has 0 saturated carbocycles. The maximum atomic E-state index is 13.5. The summed E-state index contributed by atoms with van der Waals surface area (Å²) in [6.45, 7) is 5.85. The molecule has 0 radical (unpaired) electrons. The Balaban J connectivity index is 2.37. The molecular formula is C47H90O9. The zero-order chi connectivity index (χ0) is 41.2. The van der Waals surface area contributed by atoms with Gasteiger partial charge in [-0.2, -0.15) is 0 Å². The molecule has 1 heterocycles. The minimum atomic E-state index is -1.62. The molecular weight excluding hydrogens is 709 g/mol. The molecule has 0 aromatic carbocycles. The summed E-state index contributed by atoms with van der Waals surface area (Å²) in [6.07, 6.45) is 29.9. The number of Topliss-reactive ketones (excluding diaryl/α,β-unsaturated/α-hetero) is 1. The van der Waals surface area contributed by atoms with Crippen LogP contribution in [0.5, 0.6) is 0 Å². The highest BCUT2D eigenvalue weighted by molar-refractivity contribution is 5.86. The largest absolute Gasteiger partial charge is 0.394 e. The van der Waals surface area contributed by atoms with Crippen molar-refractivity contribution in [3.8, 4) is 0 Å². The van der Waals surface area contributed by atoms with Crippen molar-refractivity contribution in [3.63, 3.8) is 0 Å². The van der Waals surface area contributed by atoms with Crippen LogP contribution in [0.3, 0.4) is 0 Å². The fourth-order valence-corrected chi connectivity index (χ4v) is 7.77. The van der Waals surface area contributed by atoms with Crippen LogP contribution in [0.4, 0.5) is 0 Å². The number of hydrogen-bond donors (Lipinski definition) is 6. The average molecular weight is 799 g/mol. The first-order valence-electron chi connectivity index (χ1n) is 23.7. The molecule has 1 fully saturated rings. The highest BCUT2D eigenvalue weighted by Gasteiger charge is 2.44. The Hall–Kier alpha value is -0.910. The molecule has 56 heavy (non-hydrogen) atoms. The Morgan fingerprint density at radius 2 is 1.07 bits per heavy atom. The van der Waals surface area contributed by atoms with Crippen LogP contribution in [0.1, 0.15) is 213 Å². The van der Waals surface area contributed by atoms with E-state index in [4.69, 9.17) is 9.47 Å². The van der Waals surface area contributed by atoms with E-state index in [1.165, 1.54) is 141 Å². The zero-order valence-electron chi connectivity index (χ0n) is 36.4. The van der Waals surface area contributed by atoms with E-state index in [1.54, 1.807) is 6.08 Å². The van der Waals surface area contributed by atoms with E-state index in [9.17, 15) is 35.4 Å². The second kappa shape index (κ2) is 36.0. The Bertz CT molecular complexity index is 914. The number of hydrogen-bond acceptors (Lipinski definition) is 9. The second-order valence-corrected chi connectivity index (χ2v) is 17.2. The molecule has 1 aliphatic rings. The lowest BCUT2D eigenvalue weighted by Crippen LogP contribution is -2.59. The number of aliphatic hydroxyl groups is 6. The van der Waals surface area contributed by atoms with Gasteiger partial charge < -0.3 is 40.1 Å². The third kappa shape index (κ3) is 25.5. The molecule has 332 valence electrons. The van der Waals surface area contributed by atoms with E-state index in [0.29, 0.717) is 12.8 Å². The second-order valence-electron chi connectivity index (χ2n) is 17.2. The van der Waals surface area contributed by atoms with E-state index in [-0.39, 0.29) is 6.61 Å². The first-order valence-corrected chi connectivity index (χ1v) is 23.7.